The number of benzene rings is 1. The number of hydrogen-bond donors (Lipinski definition) is 2. The fourth-order valence-electron chi connectivity index (χ4n) is 2.47. The Kier molecular flexibility index (Phi) is 7.95. The monoisotopic (exact) mass is 380 g/mol. The van der Waals surface area contributed by atoms with Gasteiger partial charge in [-0.25, -0.2) is 0 Å². The Balaban J connectivity index is 0.00000264. The highest BCUT2D eigenvalue weighted by atomic mass is 35.5. The molecule has 0 spiro atoms. The predicted molar refractivity (Wildman–Crippen MR) is 97.0 cm³/mol. The van der Waals surface area contributed by atoms with Crippen LogP contribution < -0.4 is 15.4 Å². The normalized spacial score (nSPS) is 17.7. The van der Waals surface area contributed by atoms with Crippen molar-refractivity contribution in [3.63, 3.8) is 0 Å². The molecule has 1 aliphatic heterocycles. The summed E-state index contributed by atoms with van der Waals surface area (Å²) < 4.78 is 5.62. The minimum atomic E-state index is -0.607. The number of hydrogen-bond acceptors (Lipinski definition) is 3. The van der Waals surface area contributed by atoms with E-state index in [4.69, 9.17) is 27.9 Å². The van der Waals surface area contributed by atoms with Gasteiger partial charge in [0.15, 0.2) is 6.10 Å². The van der Waals surface area contributed by atoms with E-state index < -0.39 is 6.10 Å². The third-order valence-corrected chi connectivity index (χ3v) is 4.60. The van der Waals surface area contributed by atoms with Crippen LogP contribution in [0.2, 0.25) is 10.0 Å². The lowest BCUT2D eigenvalue weighted by Crippen LogP contribution is -2.45. The fraction of sp³-hybridized carbons (Fsp3) is 0.562. The standard InChI is InChI=1S/C16H22Cl2N2O2.ClH/c1-11(22-14-4-3-12(17)9-13(14)18)15(21)20-10-16(2)5-7-19-8-6-16;/h3-4,9,11,19H,5-8,10H2,1-2H3,(H,20,21);1H. The zero-order valence-electron chi connectivity index (χ0n) is 13.3. The molecule has 0 bridgehead atoms. The molecule has 130 valence electrons. The maximum absolute atomic E-state index is 12.2. The smallest absolute Gasteiger partial charge is 0.260 e. The molecule has 1 fully saturated rings. The summed E-state index contributed by atoms with van der Waals surface area (Å²) in [6.45, 7) is 6.58. The van der Waals surface area contributed by atoms with E-state index in [2.05, 4.69) is 17.6 Å². The first kappa shape index (κ1) is 20.4. The molecule has 0 saturated carbocycles. The number of carbonyl (C=O) groups is 1. The quantitative estimate of drug-likeness (QED) is 0.818. The van der Waals surface area contributed by atoms with Crippen molar-refractivity contribution < 1.29 is 9.53 Å². The van der Waals surface area contributed by atoms with Crippen molar-refractivity contribution in [2.45, 2.75) is 32.8 Å². The van der Waals surface area contributed by atoms with Crippen molar-refractivity contribution >= 4 is 41.5 Å². The topological polar surface area (TPSA) is 50.4 Å². The third-order valence-electron chi connectivity index (χ3n) is 4.07. The third kappa shape index (κ3) is 6.03. The molecule has 1 saturated heterocycles. The molecule has 1 heterocycles. The Bertz CT molecular complexity index is 534. The number of piperidine rings is 1. The van der Waals surface area contributed by atoms with Crippen LogP contribution in [0.25, 0.3) is 0 Å². The van der Waals surface area contributed by atoms with E-state index in [0.29, 0.717) is 22.3 Å². The van der Waals surface area contributed by atoms with Gasteiger partial charge in [0.05, 0.1) is 5.02 Å². The van der Waals surface area contributed by atoms with Crippen molar-refractivity contribution in [1.29, 1.82) is 0 Å². The second kappa shape index (κ2) is 8.97. The molecule has 23 heavy (non-hydrogen) atoms. The van der Waals surface area contributed by atoms with Crippen molar-refractivity contribution in [2.24, 2.45) is 5.41 Å². The molecular weight excluding hydrogens is 359 g/mol. The first-order valence-electron chi connectivity index (χ1n) is 7.50. The predicted octanol–water partition coefficient (Wildman–Crippen LogP) is 3.69. The van der Waals surface area contributed by atoms with Gasteiger partial charge in [0.25, 0.3) is 5.91 Å². The number of nitrogens with one attached hydrogen (secondary N) is 2. The van der Waals surface area contributed by atoms with Crippen molar-refractivity contribution in [3.05, 3.63) is 28.2 Å². The lowest BCUT2D eigenvalue weighted by atomic mass is 9.81. The molecule has 1 aliphatic rings. The summed E-state index contributed by atoms with van der Waals surface area (Å²) >= 11 is 11.9. The molecule has 2 N–H and O–H groups in total. The Morgan fingerprint density at radius 1 is 1.39 bits per heavy atom. The second-order valence-electron chi connectivity index (χ2n) is 6.11. The number of ether oxygens (including phenoxy) is 1. The molecule has 2 rings (SSSR count). The van der Waals surface area contributed by atoms with E-state index in [1.807, 2.05) is 0 Å². The van der Waals surface area contributed by atoms with Crippen LogP contribution in [-0.4, -0.2) is 31.6 Å². The molecule has 1 aromatic rings. The summed E-state index contributed by atoms with van der Waals surface area (Å²) in [5.41, 5.74) is 0.151. The summed E-state index contributed by atoms with van der Waals surface area (Å²) in [5, 5.41) is 7.25. The van der Waals surface area contributed by atoms with E-state index in [1.165, 1.54) is 0 Å². The maximum Gasteiger partial charge on any atom is 0.260 e. The van der Waals surface area contributed by atoms with Crippen LogP contribution in [0.1, 0.15) is 26.7 Å². The minimum absolute atomic E-state index is 0. The Labute approximate surface area is 153 Å². The Morgan fingerprint density at radius 2 is 2.04 bits per heavy atom. The van der Waals surface area contributed by atoms with Gasteiger partial charge < -0.3 is 15.4 Å². The van der Waals surface area contributed by atoms with Crippen LogP contribution in [0.3, 0.4) is 0 Å². The lowest BCUT2D eigenvalue weighted by Gasteiger charge is -2.34. The molecule has 4 nitrogen and oxygen atoms in total. The van der Waals surface area contributed by atoms with Gasteiger partial charge in [-0.1, -0.05) is 30.1 Å². The van der Waals surface area contributed by atoms with Gasteiger partial charge in [-0.3, -0.25) is 4.79 Å². The molecule has 0 radical (unpaired) electrons. The molecular formula is C16H23Cl3N2O2. The second-order valence-corrected chi connectivity index (χ2v) is 6.96. The van der Waals surface area contributed by atoms with Gasteiger partial charge in [-0.2, -0.15) is 0 Å². The molecule has 1 atom stereocenters. The highest BCUT2D eigenvalue weighted by molar-refractivity contribution is 6.35. The average Bonchev–Trinajstić information content (AvgIpc) is 2.48. The Hall–Kier alpha value is -0.680. The van der Waals surface area contributed by atoms with Crippen LogP contribution in [0.5, 0.6) is 5.75 Å². The summed E-state index contributed by atoms with van der Waals surface area (Å²) in [4.78, 5) is 12.2. The lowest BCUT2D eigenvalue weighted by molar-refractivity contribution is -0.127. The van der Waals surface area contributed by atoms with Crippen LogP contribution in [0.4, 0.5) is 0 Å². The van der Waals surface area contributed by atoms with E-state index in [9.17, 15) is 4.79 Å². The van der Waals surface area contributed by atoms with Crippen LogP contribution in [-0.2, 0) is 4.79 Å². The van der Waals surface area contributed by atoms with Gasteiger partial charge in [0, 0.05) is 11.6 Å². The summed E-state index contributed by atoms with van der Waals surface area (Å²) in [6, 6.07) is 4.95. The highest BCUT2D eigenvalue weighted by Gasteiger charge is 2.28. The molecule has 1 unspecified atom stereocenters. The SMILES string of the molecule is CC(Oc1ccc(Cl)cc1Cl)C(=O)NCC1(C)CCNCC1.Cl. The number of carbonyl (C=O) groups excluding carboxylic acids is 1. The zero-order valence-corrected chi connectivity index (χ0v) is 15.7. The van der Waals surface area contributed by atoms with Gasteiger partial charge in [0.1, 0.15) is 5.75 Å². The first-order valence-corrected chi connectivity index (χ1v) is 8.25. The zero-order chi connectivity index (χ0) is 16.2. The Morgan fingerprint density at radius 3 is 2.65 bits per heavy atom. The van der Waals surface area contributed by atoms with Crippen LogP contribution >= 0.6 is 35.6 Å². The number of amides is 1. The van der Waals surface area contributed by atoms with Gasteiger partial charge in [0.2, 0.25) is 0 Å². The molecule has 1 amide bonds. The van der Waals surface area contributed by atoms with Gasteiger partial charge in [-0.15, -0.1) is 12.4 Å². The van der Waals surface area contributed by atoms with E-state index in [-0.39, 0.29) is 23.7 Å². The number of rotatable bonds is 5. The average molecular weight is 382 g/mol. The van der Waals surface area contributed by atoms with Gasteiger partial charge >= 0.3 is 0 Å². The van der Waals surface area contributed by atoms with E-state index in [1.54, 1.807) is 25.1 Å². The van der Waals surface area contributed by atoms with Crippen molar-refractivity contribution in [1.82, 2.24) is 10.6 Å². The first-order chi connectivity index (χ1) is 10.4. The molecule has 1 aromatic carbocycles. The fourth-order valence-corrected chi connectivity index (χ4v) is 2.92. The van der Waals surface area contributed by atoms with Gasteiger partial charge in [-0.05, 0) is 56.5 Å². The van der Waals surface area contributed by atoms with Crippen LogP contribution in [0, 0.1) is 5.41 Å². The summed E-state index contributed by atoms with van der Waals surface area (Å²) in [7, 11) is 0. The highest BCUT2D eigenvalue weighted by Crippen LogP contribution is 2.29. The summed E-state index contributed by atoms with van der Waals surface area (Å²) in [5.74, 6) is 0.326. The van der Waals surface area contributed by atoms with Crippen molar-refractivity contribution in [3.8, 4) is 5.75 Å². The maximum atomic E-state index is 12.2. The van der Waals surface area contributed by atoms with Crippen molar-refractivity contribution in [2.75, 3.05) is 19.6 Å². The molecule has 0 aliphatic carbocycles. The van der Waals surface area contributed by atoms with E-state index >= 15 is 0 Å². The molecule has 0 aromatic heterocycles. The number of halogens is 3. The minimum Gasteiger partial charge on any atom is -0.479 e. The van der Waals surface area contributed by atoms with E-state index in [0.717, 1.165) is 25.9 Å². The summed E-state index contributed by atoms with van der Waals surface area (Å²) in [6.07, 6.45) is 1.51. The van der Waals surface area contributed by atoms with Crippen LogP contribution in [0.15, 0.2) is 18.2 Å². The largest absolute Gasteiger partial charge is 0.479 e. The molecule has 7 heteroatoms.